The number of piperidine rings is 1. The summed E-state index contributed by atoms with van der Waals surface area (Å²) in [6, 6.07) is 4.77. The summed E-state index contributed by atoms with van der Waals surface area (Å²) in [6.45, 7) is 3.46. The van der Waals surface area contributed by atoms with Crippen LogP contribution < -0.4 is 9.04 Å². The van der Waals surface area contributed by atoms with Crippen molar-refractivity contribution in [1.29, 1.82) is 0 Å². The quantitative estimate of drug-likeness (QED) is 0.797. The molecule has 0 unspecified atom stereocenters. The topological polar surface area (TPSA) is 66.9 Å². The highest BCUT2D eigenvalue weighted by Crippen LogP contribution is 2.37. The number of halogens is 1. The number of ether oxygens (including phenoxy) is 1. The van der Waals surface area contributed by atoms with Gasteiger partial charge in [0.05, 0.1) is 18.5 Å². The van der Waals surface area contributed by atoms with E-state index in [9.17, 15) is 13.2 Å². The Bertz CT molecular complexity index is 752. The number of carbonyl (C=O) groups excluding carboxylic acids is 1. The van der Waals surface area contributed by atoms with Gasteiger partial charge in [-0.1, -0.05) is 18.5 Å². The number of nitrogens with zero attached hydrogens (tertiary/aromatic N) is 2. The fourth-order valence-corrected chi connectivity index (χ4v) is 4.33. The lowest BCUT2D eigenvalue weighted by Gasteiger charge is -2.38. The van der Waals surface area contributed by atoms with E-state index in [-0.39, 0.29) is 12.5 Å². The van der Waals surface area contributed by atoms with Crippen LogP contribution in [-0.4, -0.2) is 51.2 Å². The molecule has 132 valence electrons. The summed E-state index contributed by atoms with van der Waals surface area (Å²) >= 11 is 5.98. The van der Waals surface area contributed by atoms with Crippen LogP contribution in [0.25, 0.3) is 0 Å². The van der Waals surface area contributed by atoms with Gasteiger partial charge in [0, 0.05) is 18.1 Å². The van der Waals surface area contributed by atoms with Gasteiger partial charge in [-0.2, -0.15) is 0 Å². The predicted molar refractivity (Wildman–Crippen MR) is 93.0 cm³/mol. The molecule has 0 N–H and O–H groups in total. The minimum atomic E-state index is -3.54. The van der Waals surface area contributed by atoms with Crippen molar-refractivity contribution in [2.75, 3.05) is 30.2 Å². The van der Waals surface area contributed by atoms with E-state index in [4.69, 9.17) is 16.3 Å². The second-order valence-electron chi connectivity index (χ2n) is 6.54. The first-order valence-electron chi connectivity index (χ1n) is 7.98. The first kappa shape index (κ1) is 17.4. The molecule has 3 rings (SSSR count). The molecule has 1 amide bonds. The molecule has 2 aliphatic heterocycles. The Morgan fingerprint density at radius 3 is 2.75 bits per heavy atom. The van der Waals surface area contributed by atoms with Crippen LogP contribution in [0.15, 0.2) is 18.2 Å². The van der Waals surface area contributed by atoms with Crippen molar-refractivity contribution in [3.05, 3.63) is 23.2 Å². The second kappa shape index (κ2) is 6.44. The van der Waals surface area contributed by atoms with Crippen LogP contribution >= 0.6 is 11.6 Å². The van der Waals surface area contributed by atoms with Crippen molar-refractivity contribution in [2.24, 2.45) is 5.92 Å². The lowest BCUT2D eigenvalue weighted by atomic mass is 10.00. The molecule has 0 radical (unpaired) electrons. The third-order valence-electron chi connectivity index (χ3n) is 4.44. The number of anilines is 1. The molecule has 1 fully saturated rings. The SMILES string of the molecule is C[C@H]1CCCN(C(=O)[C@H]2CN(S(C)(=O)=O)c3cc(Cl)ccc3O2)C1. The number of amides is 1. The molecule has 2 heterocycles. The molecule has 0 saturated carbocycles. The normalized spacial score (nSPS) is 24.3. The van der Waals surface area contributed by atoms with E-state index >= 15 is 0 Å². The maximum absolute atomic E-state index is 12.8. The lowest BCUT2D eigenvalue weighted by Crippen LogP contribution is -2.53. The van der Waals surface area contributed by atoms with E-state index in [0.717, 1.165) is 19.1 Å². The number of benzene rings is 1. The maximum Gasteiger partial charge on any atom is 0.265 e. The summed E-state index contributed by atoms with van der Waals surface area (Å²) in [4.78, 5) is 14.6. The summed E-state index contributed by atoms with van der Waals surface area (Å²) in [5, 5.41) is 0.417. The summed E-state index contributed by atoms with van der Waals surface area (Å²) in [5.74, 6) is 0.652. The molecule has 1 saturated heterocycles. The highest BCUT2D eigenvalue weighted by atomic mass is 35.5. The average molecular weight is 373 g/mol. The number of sulfonamides is 1. The molecular formula is C16H21ClN2O4S. The zero-order valence-electron chi connectivity index (χ0n) is 13.7. The van der Waals surface area contributed by atoms with Crippen molar-refractivity contribution in [2.45, 2.75) is 25.9 Å². The molecule has 0 aromatic heterocycles. The van der Waals surface area contributed by atoms with Crippen LogP contribution in [0, 0.1) is 5.92 Å². The summed E-state index contributed by atoms with van der Waals surface area (Å²) < 4.78 is 31.3. The highest BCUT2D eigenvalue weighted by molar-refractivity contribution is 7.92. The Morgan fingerprint density at radius 2 is 2.08 bits per heavy atom. The number of rotatable bonds is 2. The van der Waals surface area contributed by atoms with Crippen LogP contribution in [0.1, 0.15) is 19.8 Å². The number of carbonyl (C=O) groups is 1. The zero-order chi connectivity index (χ0) is 17.5. The highest BCUT2D eigenvalue weighted by Gasteiger charge is 2.37. The Kier molecular flexibility index (Phi) is 4.66. The predicted octanol–water partition coefficient (Wildman–Crippen LogP) is 2.13. The van der Waals surface area contributed by atoms with Crippen LogP contribution in [0.3, 0.4) is 0 Å². The van der Waals surface area contributed by atoms with Gasteiger partial charge >= 0.3 is 0 Å². The molecule has 2 aliphatic rings. The molecule has 0 aliphatic carbocycles. The first-order valence-corrected chi connectivity index (χ1v) is 10.2. The van der Waals surface area contributed by atoms with Gasteiger partial charge in [-0.25, -0.2) is 8.42 Å². The molecule has 0 bridgehead atoms. The van der Waals surface area contributed by atoms with Crippen molar-refractivity contribution >= 4 is 33.2 Å². The number of hydrogen-bond acceptors (Lipinski definition) is 4. The van der Waals surface area contributed by atoms with Crippen molar-refractivity contribution in [3.8, 4) is 5.75 Å². The van der Waals surface area contributed by atoms with E-state index in [1.54, 1.807) is 23.1 Å². The van der Waals surface area contributed by atoms with E-state index in [1.165, 1.54) is 4.31 Å². The molecular weight excluding hydrogens is 352 g/mol. The lowest BCUT2D eigenvalue weighted by molar-refractivity contribution is -0.140. The molecule has 2 atom stereocenters. The van der Waals surface area contributed by atoms with Crippen LogP contribution in [-0.2, 0) is 14.8 Å². The smallest absolute Gasteiger partial charge is 0.265 e. The van der Waals surface area contributed by atoms with Gasteiger partial charge in [0.15, 0.2) is 6.10 Å². The first-order chi connectivity index (χ1) is 11.3. The monoisotopic (exact) mass is 372 g/mol. The summed E-state index contributed by atoms with van der Waals surface area (Å²) in [6.07, 6.45) is 2.35. The summed E-state index contributed by atoms with van der Waals surface area (Å²) in [7, 11) is -3.54. The van der Waals surface area contributed by atoms with Crippen molar-refractivity contribution < 1.29 is 17.9 Å². The number of hydrogen-bond donors (Lipinski definition) is 0. The minimum Gasteiger partial charge on any atom is -0.476 e. The number of fused-ring (bicyclic) bond motifs is 1. The Hall–Kier alpha value is -1.47. The van der Waals surface area contributed by atoms with Gasteiger partial charge in [0.2, 0.25) is 10.0 Å². The second-order valence-corrected chi connectivity index (χ2v) is 8.89. The summed E-state index contributed by atoms with van der Waals surface area (Å²) in [5.41, 5.74) is 0.376. The zero-order valence-corrected chi connectivity index (χ0v) is 15.3. The standard InChI is InChI=1S/C16H21ClN2O4S/c1-11-4-3-7-18(9-11)16(20)15-10-19(24(2,21)22)13-8-12(17)5-6-14(13)23-15/h5-6,8,11,15H,3-4,7,9-10H2,1-2H3/t11-,15+/m0/s1. The van der Waals surface area contributed by atoms with E-state index in [0.29, 0.717) is 35.5 Å². The van der Waals surface area contributed by atoms with Crippen molar-refractivity contribution in [1.82, 2.24) is 4.90 Å². The number of likely N-dealkylation sites (tertiary alicyclic amines) is 1. The van der Waals surface area contributed by atoms with Crippen LogP contribution in [0.2, 0.25) is 5.02 Å². The third-order valence-corrected chi connectivity index (χ3v) is 5.82. The Balaban J connectivity index is 1.89. The third kappa shape index (κ3) is 3.47. The van der Waals surface area contributed by atoms with E-state index < -0.39 is 16.1 Å². The van der Waals surface area contributed by atoms with Gasteiger partial charge < -0.3 is 9.64 Å². The molecule has 8 heteroatoms. The van der Waals surface area contributed by atoms with Gasteiger partial charge in [-0.3, -0.25) is 9.10 Å². The Labute approximate surface area is 147 Å². The van der Waals surface area contributed by atoms with Crippen LogP contribution in [0.4, 0.5) is 5.69 Å². The molecule has 1 aromatic rings. The fraction of sp³-hybridized carbons (Fsp3) is 0.562. The van der Waals surface area contributed by atoms with Crippen molar-refractivity contribution in [3.63, 3.8) is 0 Å². The average Bonchev–Trinajstić information content (AvgIpc) is 2.52. The minimum absolute atomic E-state index is 0.0319. The van der Waals surface area contributed by atoms with E-state index in [1.807, 2.05) is 0 Å². The van der Waals surface area contributed by atoms with Gasteiger partial charge in [0.25, 0.3) is 5.91 Å². The Morgan fingerprint density at radius 1 is 1.33 bits per heavy atom. The molecule has 1 aromatic carbocycles. The van der Waals surface area contributed by atoms with Gasteiger partial charge in [0.1, 0.15) is 5.75 Å². The molecule has 24 heavy (non-hydrogen) atoms. The molecule has 6 nitrogen and oxygen atoms in total. The van der Waals surface area contributed by atoms with E-state index in [2.05, 4.69) is 6.92 Å². The largest absolute Gasteiger partial charge is 0.476 e. The fourth-order valence-electron chi connectivity index (χ4n) is 3.26. The van der Waals surface area contributed by atoms with Crippen LogP contribution in [0.5, 0.6) is 5.75 Å². The molecule has 0 spiro atoms. The van der Waals surface area contributed by atoms with Gasteiger partial charge in [-0.15, -0.1) is 0 Å². The maximum atomic E-state index is 12.8. The van der Waals surface area contributed by atoms with Gasteiger partial charge in [-0.05, 0) is 37.0 Å².